The van der Waals surface area contributed by atoms with Crippen LogP contribution in [0.5, 0.6) is 0 Å². The number of hydrogen-bond acceptors (Lipinski definition) is 4. The fourth-order valence-corrected chi connectivity index (χ4v) is 1.97. The molecule has 0 bridgehead atoms. The molecule has 0 aromatic carbocycles. The lowest BCUT2D eigenvalue weighted by Gasteiger charge is -2.06. The summed E-state index contributed by atoms with van der Waals surface area (Å²) >= 11 is 8.02. The smallest absolute Gasteiger partial charge is 0.261 e. The number of furan rings is 1. The highest BCUT2D eigenvalue weighted by Crippen LogP contribution is 2.20. The van der Waals surface area contributed by atoms with Gasteiger partial charge in [-0.3, -0.25) is 9.48 Å². The summed E-state index contributed by atoms with van der Waals surface area (Å²) in [6, 6.07) is 1.55. The number of hydrogen-bond donors (Lipinski definition) is 2. The van der Waals surface area contributed by atoms with Crippen LogP contribution in [-0.2, 0) is 7.05 Å². The fourth-order valence-electron chi connectivity index (χ4n) is 1.40. The van der Waals surface area contributed by atoms with Gasteiger partial charge in [-0.1, -0.05) is 12.2 Å². The highest BCUT2D eigenvalue weighted by Gasteiger charge is 2.17. The lowest BCUT2D eigenvalue weighted by atomic mass is 10.3. The lowest BCUT2D eigenvalue weighted by Crippen LogP contribution is -2.18. The van der Waals surface area contributed by atoms with Gasteiger partial charge in [0.2, 0.25) is 0 Å². The zero-order valence-electron chi connectivity index (χ0n) is 9.31. The first-order valence-corrected chi connectivity index (χ1v) is 6.07. The zero-order valence-corrected chi connectivity index (χ0v) is 11.7. The van der Waals surface area contributed by atoms with Crippen LogP contribution in [-0.4, -0.2) is 20.7 Å². The van der Waals surface area contributed by atoms with Crippen LogP contribution in [0.15, 0.2) is 27.6 Å². The standard InChI is InChI=1S/C10H9BrN4O2S/c1-15-9(6(4-13-15)8(12)18)14-10(16)5-2-3-17-7(5)11/h2-4H,1H3,(H2,12,18)(H,14,16). The van der Waals surface area contributed by atoms with Crippen LogP contribution in [0.2, 0.25) is 0 Å². The van der Waals surface area contributed by atoms with Gasteiger partial charge in [0, 0.05) is 7.05 Å². The molecule has 2 aromatic rings. The van der Waals surface area contributed by atoms with Crippen molar-refractivity contribution in [1.82, 2.24) is 9.78 Å². The Morgan fingerprint density at radius 2 is 2.33 bits per heavy atom. The van der Waals surface area contributed by atoms with Crippen LogP contribution in [0, 0.1) is 0 Å². The van der Waals surface area contributed by atoms with E-state index < -0.39 is 0 Å². The van der Waals surface area contributed by atoms with Gasteiger partial charge in [-0.25, -0.2) is 0 Å². The minimum atomic E-state index is -0.336. The van der Waals surface area contributed by atoms with Gasteiger partial charge < -0.3 is 15.5 Å². The number of nitrogens with one attached hydrogen (secondary N) is 1. The molecule has 8 heteroatoms. The molecule has 0 aliphatic rings. The second-order valence-corrected chi connectivity index (χ2v) is 4.62. The third-order valence-electron chi connectivity index (χ3n) is 2.30. The lowest BCUT2D eigenvalue weighted by molar-refractivity contribution is 0.102. The van der Waals surface area contributed by atoms with E-state index in [4.69, 9.17) is 22.4 Å². The van der Waals surface area contributed by atoms with Crippen LogP contribution in [0.1, 0.15) is 15.9 Å². The van der Waals surface area contributed by atoms with E-state index in [2.05, 4.69) is 26.3 Å². The van der Waals surface area contributed by atoms with Gasteiger partial charge in [0.1, 0.15) is 10.8 Å². The number of aryl methyl sites for hydroxylation is 1. The average Bonchev–Trinajstić information content (AvgIpc) is 2.86. The summed E-state index contributed by atoms with van der Waals surface area (Å²) < 4.78 is 6.84. The molecule has 18 heavy (non-hydrogen) atoms. The van der Waals surface area contributed by atoms with Gasteiger partial charge in [0.25, 0.3) is 5.91 Å². The molecule has 94 valence electrons. The quantitative estimate of drug-likeness (QED) is 0.837. The van der Waals surface area contributed by atoms with Crippen molar-refractivity contribution < 1.29 is 9.21 Å². The molecule has 0 saturated heterocycles. The van der Waals surface area contributed by atoms with E-state index >= 15 is 0 Å². The Labute approximate surface area is 116 Å². The Morgan fingerprint density at radius 3 is 2.89 bits per heavy atom. The largest absolute Gasteiger partial charge is 0.457 e. The van der Waals surface area contributed by atoms with Gasteiger partial charge in [-0.15, -0.1) is 0 Å². The van der Waals surface area contributed by atoms with Crippen LogP contribution < -0.4 is 11.1 Å². The molecule has 0 fully saturated rings. The minimum absolute atomic E-state index is 0.171. The van der Waals surface area contributed by atoms with E-state index in [9.17, 15) is 4.79 Å². The predicted octanol–water partition coefficient (Wildman–Crippen LogP) is 1.66. The van der Waals surface area contributed by atoms with Crippen molar-refractivity contribution in [1.29, 1.82) is 0 Å². The summed E-state index contributed by atoms with van der Waals surface area (Å²) in [4.78, 5) is 12.2. The summed E-state index contributed by atoms with van der Waals surface area (Å²) in [6.45, 7) is 0. The van der Waals surface area contributed by atoms with E-state index in [0.717, 1.165) is 0 Å². The third kappa shape index (κ3) is 2.29. The summed E-state index contributed by atoms with van der Waals surface area (Å²) in [6.07, 6.45) is 2.92. The molecule has 0 unspecified atom stereocenters. The van der Waals surface area contributed by atoms with Crippen LogP contribution in [0.4, 0.5) is 5.82 Å². The number of rotatable bonds is 3. The number of amides is 1. The average molecular weight is 329 g/mol. The SMILES string of the molecule is Cn1ncc(C(N)=S)c1NC(=O)c1ccoc1Br. The number of anilines is 1. The Morgan fingerprint density at radius 1 is 1.61 bits per heavy atom. The molecule has 0 spiro atoms. The summed E-state index contributed by atoms with van der Waals surface area (Å²) in [7, 11) is 1.68. The van der Waals surface area contributed by atoms with Gasteiger partial charge in [0.15, 0.2) is 4.67 Å². The summed E-state index contributed by atoms with van der Waals surface area (Å²) in [5.74, 6) is 0.109. The summed E-state index contributed by atoms with van der Waals surface area (Å²) in [5, 5.41) is 6.68. The van der Waals surface area contributed by atoms with Crippen molar-refractivity contribution >= 4 is 44.9 Å². The molecule has 0 aliphatic carbocycles. The second kappa shape index (κ2) is 4.91. The van der Waals surface area contributed by atoms with E-state index in [-0.39, 0.29) is 10.9 Å². The number of halogens is 1. The number of nitrogens with two attached hydrogens (primary N) is 1. The Kier molecular flexibility index (Phi) is 3.48. The van der Waals surface area contributed by atoms with Crippen molar-refractivity contribution in [3.63, 3.8) is 0 Å². The van der Waals surface area contributed by atoms with Crippen molar-refractivity contribution in [3.05, 3.63) is 34.3 Å². The van der Waals surface area contributed by atoms with Gasteiger partial charge >= 0.3 is 0 Å². The molecule has 2 heterocycles. The van der Waals surface area contributed by atoms with Crippen LogP contribution in [0.3, 0.4) is 0 Å². The Bertz CT molecular complexity index is 619. The van der Waals surface area contributed by atoms with Crippen molar-refractivity contribution in [2.45, 2.75) is 0 Å². The monoisotopic (exact) mass is 328 g/mol. The first-order chi connectivity index (χ1) is 8.50. The van der Waals surface area contributed by atoms with Crippen molar-refractivity contribution in [2.24, 2.45) is 12.8 Å². The first-order valence-electron chi connectivity index (χ1n) is 4.87. The molecule has 3 N–H and O–H groups in total. The van der Waals surface area contributed by atoms with E-state index in [1.54, 1.807) is 13.1 Å². The Hall–Kier alpha value is -1.67. The highest BCUT2D eigenvalue weighted by atomic mass is 79.9. The summed E-state index contributed by atoms with van der Waals surface area (Å²) in [5.41, 5.74) is 6.45. The molecular formula is C10H9BrN4O2S. The molecule has 0 aliphatic heterocycles. The molecule has 6 nitrogen and oxygen atoms in total. The van der Waals surface area contributed by atoms with Gasteiger partial charge in [-0.05, 0) is 22.0 Å². The van der Waals surface area contributed by atoms with Crippen molar-refractivity contribution in [3.8, 4) is 0 Å². The van der Waals surface area contributed by atoms with E-state index in [1.807, 2.05) is 0 Å². The number of carbonyl (C=O) groups excluding carboxylic acids is 1. The van der Waals surface area contributed by atoms with E-state index in [0.29, 0.717) is 21.6 Å². The number of thiocarbonyl (C=S) groups is 1. The highest BCUT2D eigenvalue weighted by molar-refractivity contribution is 9.10. The first kappa shape index (κ1) is 12.8. The molecule has 2 aromatic heterocycles. The maximum atomic E-state index is 12.0. The molecule has 2 rings (SSSR count). The molecule has 0 radical (unpaired) electrons. The normalized spacial score (nSPS) is 10.3. The maximum Gasteiger partial charge on any atom is 0.261 e. The fraction of sp³-hybridized carbons (Fsp3) is 0.100. The minimum Gasteiger partial charge on any atom is -0.457 e. The third-order valence-corrected chi connectivity index (χ3v) is 3.13. The van der Waals surface area contributed by atoms with Crippen LogP contribution in [0.25, 0.3) is 0 Å². The zero-order chi connectivity index (χ0) is 13.3. The maximum absolute atomic E-state index is 12.0. The Balaban J connectivity index is 2.30. The van der Waals surface area contributed by atoms with Crippen LogP contribution >= 0.6 is 28.1 Å². The van der Waals surface area contributed by atoms with E-state index in [1.165, 1.54) is 17.1 Å². The number of carbonyl (C=O) groups is 1. The van der Waals surface area contributed by atoms with Gasteiger partial charge in [-0.2, -0.15) is 5.10 Å². The molecular weight excluding hydrogens is 320 g/mol. The molecule has 0 atom stereocenters. The predicted molar refractivity (Wildman–Crippen MR) is 73.5 cm³/mol. The second-order valence-electron chi connectivity index (χ2n) is 3.46. The van der Waals surface area contributed by atoms with Gasteiger partial charge in [0.05, 0.1) is 23.6 Å². The molecule has 0 saturated carbocycles. The topological polar surface area (TPSA) is 86.1 Å². The molecule has 1 amide bonds. The number of nitrogens with zero attached hydrogens (tertiary/aromatic N) is 2. The van der Waals surface area contributed by atoms with Crippen molar-refractivity contribution in [2.75, 3.05) is 5.32 Å². The number of aromatic nitrogens is 2.